The molecule has 0 spiro atoms. The Morgan fingerprint density at radius 3 is 1.59 bits per heavy atom. The van der Waals surface area contributed by atoms with Crippen LogP contribution in [0.5, 0.6) is 5.75 Å². The highest BCUT2D eigenvalue weighted by molar-refractivity contribution is 8.00. The summed E-state index contributed by atoms with van der Waals surface area (Å²) in [6, 6.07) is 32.0. The molecule has 69 heavy (non-hydrogen) atoms. The highest BCUT2D eigenvalue weighted by atomic mass is 32.2. The Morgan fingerprint density at radius 1 is 0.638 bits per heavy atom. The summed E-state index contributed by atoms with van der Waals surface area (Å²) in [6.07, 6.45) is -1.34. The molecule has 0 heterocycles. The third-order valence-corrected chi connectivity index (χ3v) is 11.4. The number of nitrogens with one attached hydrogen (secondary N) is 5. The van der Waals surface area contributed by atoms with Gasteiger partial charge in [-0.25, -0.2) is 19.2 Å². The maximum absolute atomic E-state index is 13.5. The molecule has 7 N–H and O–H groups in total. The predicted molar refractivity (Wildman–Crippen MR) is 262 cm³/mol. The van der Waals surface area contributed by atoms with Crippen molar-refractivity contribution in [2.24, 2.45) is 5.73 Å². The van der Waals surface area contributed by atoms with E-state index in [1.807, 2.05) is 91.0 Å². The van der Waals surface area contributed by atoms with E-state index < -0.39 is 82.6 Å². The van der Waals surface area contributed by atoms with Crippen molar-refractivity contribution in [3.63, 3.8) is 0 Å². The van der Waals surface area contributed by atoms with Crippen molar-refractivity contribution in [3.8, 4) is 5.75 Å². The van der Waals surface area contributed by atoms with E-state index in [0.29, 0.717) is 5.56 Å². The molecule has 0 unspecified atom stereocenters. The van der Waals surface area contributed by atoms with Crippen LogP contribution in [-0.4, -0.2) is 96.7 Å². The van der Waals surface area contributed by atoms with E-state index in [2.05, 4.69) is 33.2 Å². The maximum atomic E-state index is 13.5. The van der Waals surface area contributed by atoms with Crippen LogP contribution in [0.15, 0.2) is 128 Å². The Kier molecular flexibility index (Phi) is 20.2. The number of thioether (sulfide) groups is 1. The fraction of sp³-hybridized carbons (Fsp3) is 0.353. The minimum Gasteiger partial charge on any atom is -0.460 e. The third kappa shape index (κ3) is 18.0. The smallest absolute Gasteiger partial charge is 0.412 e. The van der Waals surface area contributed by atoms with Crippen molar-refractivity contribution in [2.75, 3.05) is 25.4 Å². The van der Waals surface area contributed by atoms with E-state index in [4.69, 9.17) is 24.7 Å². The van der Waals surface area contributed by atoms with Crippen LogP contribution in [0.25, 0.3) is 0 Å². The van der Waals surface area contributed by atoms with Crippen molar-refractivity contribution in [1.82, 2.24) is 26.6 Å². The van der Waals surface area contributed by atoms with Gasteiger partial charge in [0.25, 0.3) is 0 Å². The molecule has 6 amide bonds. The molecule has 0 saturated heterocycles. The van der Waals surface area contributed by atoms with Crippen molar-refractivity contribution in [2.45, 2.75) is 88.5 Å². The molecule has 368 valence electrons. The Balaban J connectivity index is 1.38. The number of rotatable bonds is 22. The van der Waals surface area contributed by atoms with Gasteiger partial charge in [0.1, 0.15) is 41.7 Å². The zero-order valence-corrected chi connectivity index (χ0v) is 40.5. The van der Waals surface area contributed by atoms with E-state index in [9.17, 15) is 33.6 Å². The molecule has 3 atom stereocenters. The molecule has 18 heteroatoms. The number of carbonyl (C=O) groups is 7. The molecule has 0 aliphatic carbocycles. The van der Waals surface area contributed by atoms with Crippen LogP contribution < -0.4 is 37.1 Å². The summed E-state index contributed by atoms with van der Waals surface area (Å²) in [7, 11) is 0. The summed E-state index contributed by atoms with van der Waals surface area (Å²) < 4.78 is 20.4. The van der Waals surface area contributed by atoms with Crippen LogP contribution in [0, 0.1) is 0 Å². The number of nitrogens with two attached hydrogens (primary N) is 1. The van der Waals surface area contributed by atoms with Gasteiger partial charge in [-0.15, -0.1) is 11.8 Å². The molecule has 0 radical (unpaired) electrons. The molecule has 0 aromatic heterocycles. The molecule has 0 fully saturated rings. The first-order valence-corrected chi connectivity index (χ1v) is 23.2. The van der Waals surface area contributed by atoms with Gasteiger partial charge in [-0.3, -0.25) is 14.4 Å². The number of benzene rings is 4. The van der Waals surface area contributed by atoms with Crippen LogP contribution >= 0.6 is 11.8 Å². The Labute approximate surface area is 407 Å². The number of esters is 1. The molecule has 0 aliphatic rings. The highest BCUT2D eigenvalue weighted by Crippen LogP contribution is 2.48. The first-order chi connectivity index (χ1) is 32.7. The summed E-state index contributed by atoms with van der Waals surface area (Å²) in [6.45, 7) is 12.7. The fourth-order valence-electron chi connectivity index (χ4n) is 6.70. The molecule has 0 saturated carbocycles. The van der Waals surface area contributed by atoms with Crippen molar-refractivity contribution in [1.29, 1.82) is 0 Å². The van der Waals surface area contributed by atoms with E-state index in [1.165, 1.54) is 30.0 Å². The van der Waals surface area contributed by atoms with Gasteiger partial charge in [0.05, 0.1) is 11.3 Å². The first kappa shape index (κ1) is 54.3. The number of hydrogen-bond acceptors (Lipinski definition) is 12. The zero-order valence-electron chi connectivity index (χ0n) is 39.7. The normalized spacial score (nSPS) is 12.7. The monoisotopic (exact) mass is 966 g/mol. The molecular weight excluding hydrogens is 905 g/mol. The number of amides is 6. The molecule has 4 rings (SSSR count). The molecule has 4 aromatic carbocycles. The molecular formula is C51H62N6O11S. The Morgan fingerprint density at radius 2 is 1.13 bits per heavy atom. The minimum absolute atomic E-state index is 0.0289. The second kappa shape index (κ2) is 25.7. The van der Waals surface area contributed by atoms with Crippen LogP contribution in [-0.2, 0) is 44.6 Å². The lowest BCUT2D eigenvalue weighted by Gasteiger charge is -2.36. The van der Waals surface area contributed by atoms with Gasteiger partial charge in [0.2, 0.25) is 17.7 Å². The fourth-order valence-corrected chi connectivity index (χ4v) is 8.27. The van der Waals surface area contributed by atoms with E-state index in [-0.39, 0.29) is 37.5 Å². The summed E-state index contributed by atoms with van der Waals surface area (Å²) in [4.78, 5) is 90.5. The van der Waals surface area contributed by atoms with Gasteiger partial charge in [-0.2, -0.15) is 0 Å². The predicted octanol–water partition coefficient (Wildman–Crippen LogP) is 6.04. The summed E-state index contributed by atoms with van der Waals surface area (Å²) in [5, 5.41) is 12.7. The van der Waals surface area contributed by atoms with Gasteiger partial charge in [0.15, 0.2) is 0 Å². The quantitative estimate of drug-likeness (QED) is 0.0229. The van der Waals surface area contributed by atoms with Gasteiger partial charge >= 0.3 is 24.2 Å². The van der Waals surface area contributed by atoms with Crippen LogP contribution in [0.3, 0.4) is 0 Å². The standard InChI is InChI=1S/C51H62N6O11S/c1-8-30-65-45(61)40(57-48(64)68-50(5,6)7)31-34-24-26-38(27-25-34)66-46(62)53-29-28-39(56-47(63)67-49(2,3)4)44(60)54-32-42(58)55-41(43(52)59)33-69-51(35-18-12-9-13-19-35,36-20-14-10-15-21-36)37-22-16-11-17-23-37/h8-27,39-41H,1,28-33H2,2-7H3,(H2,52,59)(H,53,62)(H,54,60)(H,55,58)(H,56,63)(H,57,64)/t39-,40-,41-/m0/s1. The minimum atomic E-state index is -1.29. The lowest BCUT2D eigenvalue weighted by atomic mass is 9.84. The zero-order chi connectivity index (χ0) is 50.6. The SMILES string of the molecule is C=CCOC(=O)[C@H](Cc1ccc(OC(=O)NCC[C@H](NC(=O)OC(C)(C)C)C(=O)NCC(=O)N[C@@H](CSC(c2ccccc2)(c2ccccc2)c2ccccc2)C(N)=O)cc1)NC(=O)OC(C)(C)C. The topological polar surface area (TPSA) is 243 Å². The lowest BCUT2D eigenvalue weighted by molar-refractivity contribution is -0.145. The van der Waals surface area contributed by atoms with Gasteiger partial charge in [0, 0.05) is 18.7 Å². The summed E-state index contributed by atoms with van der Waals surface area (Å²) in [5.41, 5.74) is 7.56. The number of alkyl carbamates (subject to hydrolysis) is 2. The highest BCUT2D eigenvalue weighted by Gasteiger charge is 2.38. The third-order valence-electron chi connectivity index (χ3n) is 9.71. The van der Waals surface area contributed by atoms with Gasteiger partial charge in [-0.05, 0) is 82.3 Å². The summed E-state index contributed by atoms with van der Waals surface area (Å²) >= 11 is 1.42. The largest absolute Gasteiger partial charge is 0.460 e. The van der Waals surface area contributed by atoms with Crippen molar-refractivity contribution >= 4 is 53.7 Å². The average molecular weight is 967 g/mol. The molecule has 17 nitrogen and oxygen atoms in total. The van der Waals surface area contributed by atoms with Gasteiger partial charge < -0.3 is 51.3 Å². The number of carbonyl (C=O) groups excluding carboxylic acids is 7. The number of hydrogen-bond donors (Lipinski definition) is 6. The average Bonchev–Trinajstić information content (AvgIpc) is 3.29. The van der Waals surface area contributed by atoms with Gasteiger partial charge in [-0.1, -0.05) is 116 Å². The second-order valence-electron chi connectivity index (χ2n) is 17.6. The molecule has 0 bridgehead atoms. The van der Waals surface area contributed by atoms with Crippen LogP contribution in [0.1, 0.15) is 70.2 Å². The number of ether oxygens (including phenoxy) is 4. The summed E-state index contributed by atoms with van der Waals surface area (Å²) in [5.74, 6) is -2.80. The Hall–Kier alpha value is -7.34. The number of primary amides is 1. The van der Waals surface area contributed by atoms with Crippen molar-refractivity contribution in [3.05, 3.63) is 150 Å². The molecule has 0 aliphatic heterocycles. The van der Waals surface area contributed by atoms with E-state index in [0.717, 1.165) is 16.7 Å². The Bertz CT molecular complexity index is 2260. The first-order valence-electron chi connectivity index (χ1n) is 22.2. The molecule has 4 aromatic rings. The van der Waals surface area contributed by atoms with Crippen LogP contribution in [0.4, 0.5) is 14.4 Å². The van der Waals surface area contributed by atoms with E-state index in [1.54, 1.807) is 53.7 Å². The van der Waals surface area contributed by atoms with Crippen molar-refractivity contribution < 1.29 is 52.5 Å². The maximum Gasteiger partial charge on any atom is 0.412 e. The second-order valence-corrected chi connectivity index (χ2v) is 18.8. The lowest BCUT2D eigenvalue weighted by Crippen LogP contribution is -2.53. The van der Waals surface area contributed by atoms with E-state index >= 15 is 0 Å². The van der Waals surface area contributed by atoms with Crippen LogP contribution in [0.2, 0.25) is 0 Å².